The molecule has 1 aromatic carbocycles. The average molecular weight is 265 g/mol. The zero-order chi connectivity index (χ0) is 13.8. The summed E-state index contributed by atoms with van der Waals surface area (Å²) in [6, 6.07) is 5.24. The van der Waals surface area contributed by atoms with Crippen molar-refractivity contribution < 1.29 is 9.13 Å². The number of benzene rings is 1. The van der Waals surface area contributed by atoms with E-state index in [1.54, 1.807) is 19.2 Å². The van der Waals surface area contributed by atoms with E-state index < -0.39 is 0 Å². The van der Waals surface area contributed by atoms with E-state index in [-0.39, 0.29) is 11.9 Å². The van der Waals surface area contributed by atoms with Crippen LogP contribution in [0.4, 0.5) is 4.39 Å². The molecule has 1 fully saturated rings. The highest BCUT2D eigenvalue weighted by Crippen LogP contribution is 2.31. The van der Waals surface area contributed by atoms with Gasteiger partial charge in [0.1, 0.15) is 11.6 Å². The summed E-state index contributed by atoms with van der Waals surface area (Å²) in [6.07, 6.45) is 5.32. The molecular weight excluding hydrogens is 241 g/mol. The molecular formula is C16H24FNO. The SMILES string of the molecule is COc1ccc(F)cc1C(C)NC(C)CC1CCC1. The van der Waals surface area contributed by atoms with E-state index in [2.05, 4.69) is 19.2 Å². The van der Waals surface area contributed by atoms with Crippen LogP contribution in [-0.2, 0) is 0 Å². The van der Waals surface area contributed by atoms with Crippen LogP contribution in [0.15, 0.2) is 18.2 Å². The van der Waals surface area contributed by atoms with Crippen molar-refractivity contribution in [3.8, 4) is 5.75 Å². The van der Waals surface area contributed by atoms with Gasteiger partial charge in [-0.05, 0) is 44.4 Å². The fourth-order valence-corrected chi connectivity index (χ4v) is 2.86. The Balaban J connectivity index is 1.97. The van der Waals surface area contributed by atoms with Crippen LogP contribution in [0, 0.1) is 11.7 Å². The molecule has 2 atom stereocenters. The summed E-state index contributed by atoms with van der Waals surface area (Å²) in [6.45, 7) is 4.27. The van der Waals surface area contributed by atoms with Gasteiger partial charge >= 0.3 is 0 Å². The van der Waals surface area contributed by atoms with Gasteiger partial charge < -0.3 is 10.1 Å². The van der Waals surface area contributed by atoms with E-state index in [0.717, 1.165) is 17.2 Å². The fourth-order valence-electron chi connectivity index (χ4n) is 2.86. The molecule has 0 aromatic heterocycles. The maximum Gasteiger partial charge on any atom is 0.123 e. The minimum atomic E-state index is -0.212. The fraction of sp³-hybridized carbons (Fsp3) is 0.625. The van der Waals surface area contributed by atoms with Crippen molar-refractivity contribution in [2.75, 3.05) is 7.11 Å². The second-order valence-corrected chi connectivity index (χ2v) is 5.71. The largest absolute Gasteiger partial charge is 0.496 e. The molecule has 2 unspecified atom stereocenters. The lowest BCUT2D eigenvalue weighted by molar-refractivity contribution is 0.259. The number of nitrogens with one attached hydrogen (secondary N) is 1. The Labute approximate surface area is 115 Å². The van der Waals surface area contributed by atoms with Crippen molar-refractivity contribution in [1.29, 1.82) is 0 Å². The molecule has 2 nitrogen and oxygen atoms in total. The van der Waals surface area contributed by atoms with Gasteiger partial charge in [-0.2, -0.15) is 0 Å². The summed E-state index contributed by atoms with van der Waals surface area (Å²) in [7, 11) is 1.63. The van der Waals surface area contributed by atoms with Crippen molar-refractivity contribution in [3.05, 3.63) is 29.6 Å². The molecule has 0 radical (unpaired) electrons. The number of hydrogen-bond donors (Lipinski definition) is 1. The molecule has 1 N–H and O–H groups in total. The summed E-state index contributed by atoms with van der Waals surface area (Å²) in [5, 5.41) is 3.55. The first-order valence-electron chi connectivity index (χ1n) is 7.19. The van der Waals surface area contributed by atoms with E-state index in [1.807, 2.05) is 0 Å². The molecule has 106 valence electrons. The van der Waals surface area contributed by atoms with Gasteiger partial charge in [-0.25, -0.2) is 4.39 Å². The molecule has 3 heteroatoms. The molecule has 0 amide bonds. The Morgan fingerprint density at radius 2 is 2.11 bits per heavy atom. The Morgan fingerprint density at radius 3 is 2.68 bits per heavy atom. The highest BCUT2D eigenvalue weighted by atomic mass is 19.1. The third-order valence-electron chi connectivity index (χ3n) is 4.10. The van der Waals surface area contributed by atoms with Crippen LogP contribution < -0.4 is 10.1 Å². The minimum Gasteiger partial charge on any atom is -0.496 e. The van der Waals surface area contributed by atoms with Gasteiger partial charge in [0, 0.05) is 17.6 Å². The van der Waals surface area contributed by atoms with Crippen LogP contribution in [0.2, 0.25) is 0 Å². The monoisotopic (exact) mass is 265 g/mol. The first-order chi connectivity index (χ1) is 9.10. The third kappa shape index (κ3) is 3.69. The van der Waals surface area contributed by atoms with Crippen LogP contribution >= 0.6 is 0 Å². The van der Waals surface area contributed by atoms with Crippen molar-refractivity contribution in [1.82, 2.24) is 5.32 Å². The first-order valence-corrected chi connectivity index (χ1v) is 7.19. The quantitative estimate of drug-likeness (QED) is 0.837. The molecule has 1 saturated carbocycles. The zero-order valence-electron chi connectivity index (χ0n) is 12.1. The highest BCUT2D eigenvalue weighted by Gasteiger charge is 2.21. The standard InChI is InChI=1S/C16H24FNO/c1-11(9-13-5-4-6-13)18-12(2)15-10-14(17)7-8-16(15)19-3/h7-8,10-13,18H,4-6,9H2,1-3H3. The Morgan fingerprint density at radius 1 is 1.37 bits per heavy atom. The van der Waals surface area contributed by atoms with E-state index in [4.69, 9.17) is 4.74 Å². The van der Waals surface area contributed by atoms with E-state index in [0.29, 0.717) is 6.04 Å². The topological polar surface area (TPSA) is 21.3 Å². The Bertz CT molecular complexity index is 417. The number of halogens is 1. The van der Waals surface area contributed by atoms with E-state index in [1.165, 1.54) is 31.7 Å². The number of ether oxygens (including phenoxy) is 1. The normalized spacial score (nSPS) is 18.7. The maximum atomic E-state index is 13.4. The average Bonchev–Trinajstić information content (AvgIpc) is 2.33. The lowest BCUT2D eigenvalue weighted by Crippen LogP contribution is -2.32. The van der Waals surface area contributed by atoms with Crippen LogP contribution in [0.1, 0.15) is 51.1 Å². The molecule has 0 bridgehead atoms. The van der Waals surface area contributed by atoms with Crippen molar-refractivity contribution in [2.24, 2.45) is 5.92 Å². The predicted molar refractivity (Wildman–Crippen MR) is 75.9 cm³/mol. The number of hydrogen-bond acceptors (Lipinski definition) is 2. The lowest BCUT2D eigenvalue weighted by atomic mass is 9.81. The molecule has 2 rings (SSSR count). The third-order valence-corrected chi connectivity index (χ3v) is 4.10. The molecule has 1 aliphatic rings. The molecule has 0 heterocycles. The van der Waals surface area contributed by atoms with Gasteiger partial charge in [-0.3, -0.25) is 0 Å². The summed E-state index contributed by atoms with van der Waals surface area (Å²) >= 11 is 0. The van der Waals surface area contributed by atoms with Crippen LogP contribution in [-0.4, -0.2) is 13.2 Å². The molecule has 19 heavy (non-hydrogen) atoms. The first kappa shape index (κ1) is 14.3. The van der Waals surface area contributed by atoms with Crippen molar-refractivity contribution in [3.63, 3.8) is 0 Å². The van der Waals surface area contributed by atoms with Gasteiger partial charge in [0.05, 0.1) is 7.11 Å². The van der Waals surface area contributed by atoms with E-state index in [9.17, 15) is 4.39 Å². The van der Waals surface area contributed by atoms with Crippen LogP contribution in [0.25, 0.3) is 0 Å². The van der Waals surface area contributed by atoms with E-state index >= 15 is 0 Å². The van der Waals surface area contributed by atoms with Crippen molar-refractivity contribution in [2.45, 2.75) is 51.6 Å². The predicted octanol–water partition coefficient (Wildman–Crippen LogP) is 4.06. The summed E-state index contributed by atoms with van der Waals surface area (Å²) in [5.41, 5.74) is 0.892. The van der Waals surface area contributed by atoms with Gasteiger partial charge in [0.2, 0.25) is 0 Å². The molecule has 0 saturated heterocycles. The minimum absolute atomic E-state index is 0.0979. The Kier molecular flexibility index (Phi) is 4.81. The van der Waals surface area contributed by atoms with Crippen LogP contribution in [0.3, 0.4) is 0 Å². The molecule has 1 aliphatic carbocycles. The number of methoxy groups -OCH3 is 1. The van der Waals surface area contributed by atoms with Gasteiger partial charge in [-0.15, -0.1) is 0 Å². The second kappa shape index (κ2) is 6.38. The summed E-state index contributed by atoms with van der Waals surface area (Å²) in [4.78, 5) is 0. The second-order valence-electron chi connectivity index (χ2n) is 5.71. The van der Waals surface area contributed by atoms with Crippen LogP contribution in [0.5, 0.6) is 5.75 Å². The van der Waals surface area contributed by atoms with Crippen molar-refractivity contribution >= 4 is 0 Å². The van der Waals surface area contributed by atoms with Gasteiger partial charge in [0.15, 0.2) is 0 Å². The Hall–Kier alpha value is -1.09. The lowest BCUT2D eigenvalue weighted by Gasteiger charge is -2.30. The maximum absolute atomic E-state index is 13.4. The number of rotatable bonds is 6. The van der Waals surface area contributed by atoms with Gasteiger partial charge in [0.25, 0.3) is 0 Å². The summed E-state index contributed by atoms with van der Waals surface area (Å²) in [5.74, 6) is 1.41. The smallest absolute Gasteiger partial charge is 0.123 e. The summed E-state index contributed by atoms with van der Waals surface area (Å²) < 4.78 is 18.7. The molecule has 0 spiro atoms. The molecule has 1 aromatic rings. The highest BCUT2D eigenvalue weighted by molar-refractivity contribution is 5.36. The van der Waals surface area contributed by atoms with Gasteiger partial charge in [-0.1, -0.05) is 19.3 Å². The molecule has 0 aliphatic heterocycles. The zero-order valence-corrected chi connectivity index (χ0v) is 12.1.